The highest BCUT2D eigenvalue weighted by atomic mass is 16.5. The maximum Gasteiger partial charge on any atom is 0.310 e. The first-order valence-electron chi connectivity index (χ1n) is 11.9. The molecular formula is C26H40N2O4. The molecule has 32 heavy (non-hydrogen) atoms. The number of carbonyl (C=O) groups is 3. The lowest BCUT2D eigenvalue weighted by molar-refractivity contribution is -0.152. The summed E-state index contributed by atoms with van der Waals surface area (Å²) in [6, 6.07) is 9.08. The van der Waals surface area contributed by atoms with Crippen LogP contribution in [0.3, 0.4) is 0 Å². The van der Waals surface area contributed by atoms with Crippen molar-refractivity contribution in [2.75, 3.05) is 19.7 Å². The Labute approximate surface area is 193 Å². The number of benzene rings is 1. The van der Waals surface area contributed by atoms with E-state index in [1.165, 1.54) is 0 Å². The average Bonchev–Trinajstić information content (AvgIpc) is 2.72. The third-order valence-electron chi connectivity index (χ3n) is 5.76. The van der Waals surface area contributed by atoms with E-state index in [0.717, 1.165) is 24.8 Å². The molecule has 0 spiro atoms. The second-order valence-electron chi connectivity index (χ2n) is 10.3. The van der Waals surface area contributed by atoms with Crippen molar-refractivity contribution in [3.05, 3.63) is 35.9 Å². The highest BCUT2D eigenvalue weighted by Gasteiger charge is 2.33. The molecule has 1 aromatic rings. The molecule has 1 fully saturated rings. The number of likely N-dealkylation sites (tertiary alicyclic amines) is 1. The number of carbonyl (C=O) groups excluding carboxylic acids is 3. The Kier molecular flexibility index (Phi) is 9.73. The van der Waals surface area contributed by atoms with E-state index in [0.29, 0.717) is 32.5 Å². The van der Waals surface area contributed by atoms with Gasteiger partial charge in [0.25, 0.3) is 0 Å². The number of nitrogens with zero attached hydrogens (tertiary/aromatic N) is 1. The van der Waals surface area contributed by atoms with Crippen LogP contribution < -0.4 is 5.32 Å². The van der Waals surface area contributed by atoms with E-state index in [1.54, 1.807) is 11.8 Å². The summed E-state index contributed by atoms with van der Waals surface area (Å²) in [7, 11) is 0. The Balaban J connectivity index is 2.09. The lowest BCUT2D eigenvalue weighted by atomic mass is 9.84. The van der Waals surface area contributed by atoms with Gasteiger partial charge in [-0.2, -0.15) is 0 Å². The first-order valence-corrected chi connectivity index (χ1v) is 11.9. The van der Waals surface area contributed by atoms with Gasteiger partial charge in [-0.05, 0) is 43.1 Å². The monoisotopic (exact) mass is 444 g/mol. The Morgan fingerprint density at radius 3 is 2.50 bits per heavy atom. The van der Waals surface area contributed by atoms with Gasteiger partial charge in [0.1, 0.15) is 6.04 Å². The van der Waals surface area contributed by atoms with Gasteiger partial charge in [-0.25, -0.2) is 0 Å². The molecule has 1 saturated heterocycles. The van der Waals surface area contributed by atoms with Gasteiger partial charge in [0.2, 0.25) is 11.8 Å². The number of hydrogen-bond acceptors (Lipinski definition) is 4. The molecule has 1 N–H and O–H groups in total. The number of hydrogen-bond donors (Lipinski definition) is 1. The zero-order chi connectivity index (χ0) is 23.7. The van der Waals surface area contributed by atoms with Crippen molar-refractivity contribution in [3.8, 4) is 0 Å². The number of ether oxygens (including phenoxy) is 1. The topological polar surface area (TPSA) is 75.7 Å². The van der Waals surface area contributed by atoms with Gasteiger partial charge in [0, 0.05) is 25.9 Å². The van der Waals surface area contributed by atoms with Crippen LogP contribution in [-0.2, 0) is 25.5 Å². The zero-order valence-electron chi connectivity index (χ0n) is 20.4. The van der Waals surface area contributed by atoms with E-state index in [9.17, 15) is 14.4 Å². The van der Waals surface area contributed by atoms with Crippen LogP contribution in [0.4, 0.5) is 0 Å². The molecule has 3 unspecified atom stereocenters. The summed E-state index contributed by atoms with van der Waals surface area (Å²) in [4.78, 5) is 40.2. The van der Waals surface area contributed by atoms with Crippen LogP contribution in [0.2, 0.25) is 0 Å². The Morgan fingerprint density at radius 2 is 1.88 bits per heavy atom. The van der Waals surface area contributed by atoms with Crippen LogP contribution >= 0.6 is 0 Å². The molecule has 1 aliphatic rings. The van der Waals surface area contributed by atoms with Gasteiger partial charge < -0.3 is 15.0 Å². The molecule has 3 atom stereocenters. The lowest BCUT2D eigenvalue weighted by Gasteiger charge is -2.34. The molecule has 1 heterocycles. The molecular weight excluding hydrogens is 404 g/mol. The first-order chi connectivity index (χ1) is 15.1. The van der Waals surface area contributed by atoms with E-state index in [2.05, 4.69) is 33.0 Å². The maximum atomic E-state index is 13.4. The summed E-state index contributed by atoms with van der Waals surface area (Å²) in [5, 5.41) is 3.00. The summed E-state index contributed by atoms with van der Waals surface area (Å²) in [6.07, 6.45) is 3.23. The Bertz CT molecular complexity index is 757. The molecule has 0 bridgehead atoms. The van der Waals surface area contributed by atoms with Gasteiger partial charge in [-0.15, -0.1) is 0 Å². The second kappa shape index (κ2) is 12.0. The van der Waals surface area contributed by atoms with E-state index in [4.69, 9.17) is 4.74 Å². The predicted octanol–water partition coefficient (Wildman–Crippen LogP) is 3.98. The smallest absolute Gasteiger partial charge is 0.310 e. The summed E-state index contributed by atoms with van der Waals surface area (Å²) in [6.45, 7) is 11.6. The largest absolute Gasteiger partial charge is 0.466 e. The fraction of sp³-hybridized carbons (Fsp3) is 0.654. The summed E-state index contributed by atoms with van der Waals surface area (Å²) in [5.41, 5.74) is 1.14. The zero-order valence-corrected chi connectivity index (χ0v) is 20.4. The quantitative estimate of drug-likeness (QED) is 0.585. The van der Waals surface area contributed by atoms with Crippen LogP contribution in [0, 0.1) is 17.3 Å². The van der Waals surface area contributed by atoms with Gasteiger partial charge >= 0.3 is 5.97 Å². The highest BCUT2D eigenvalue weighted by Crippen LogP contribution is 2.26. The molecule has 2 amide bonds. The highest BCUT2D eigenvalue weighted by molar-refractivity contribution is 5.88. The van der Waals surface area contributed by atoms with Crippen molar-refractivity contribution in [2.45, 2.75) is 72.8 Å². The molecule has 1 aromatic carbocycles. The molecule has 178 valence electrons. The SMILES string of the molecule is CCOC(=O)C1CCCN(C(=O)C(Cc2ccccc2)NC(=O)CC(C)CC(C)(C)C)C1. The predicted molar refractivity (Wildman–Crippen MR) is 126 cm³/mol. The second-order valence-corrected chi connectivity index (χ2v) is 10.3. The van der Waals surface area contributed by atoms with Gasteiger partial charge in [-0.3, -0.25) is 14.4 Å². The minimum Gasteiger partial charge on any atom is -0.466 e. The van der Waals surface area contributed by atoms with Crippen molar-refractivity contribution in [1.82, 2.24) is 10.2 Å². The van der Waals surface area contributed by atoms with Crippen LogP contribution in [0.15, 0.2) is 30.3 Å². The van der Waals surface area contributed by atoms with Gasteiger partial charge in [-0.1, -0.05) is 58.0 Å². The molecule has 6 heteroatoms. The molecule has 0 aromatic heterocycles. The normalized spacial score (nSPS) is 18.5. The minimum absolute atomic E-state index is 0.102. The number of esters is 1. The average molecular weight is 445 g/mol. The van der Waals surface area contributed by atoms with Crippen molar-refractivity contribution in [3.63, 3.8) is 0 Å². The first kappa shape index (κ1) is 25.9. The number of nitrogens with one attached hydrogen (secondary N) is 1. The van der Waals surface area contributed by atoms with Crippen molar-refractivity contribution < 1.29 is 19.1 Å². The molecule has 0 aliphatic carbocycles. The minimum atomic E-state index is -0.646. The third-order valence-corrected chi connectivity index (χ3v) is 5.76. The maximum absolute atomic E-state index is 13.4. The van der Waals surface area contributed by atoms with Crippen molar-refractivity contribution >= 4 is 17.8 Å². The van der Waals surface area contributed by atoms with E-state index < -0.39 is 6.04 Å². The van der Waals surface area contributed by atoms with Crippen LogP contribution in [0.25, 0.3) is 0 Å². The summed E-state index contributed by atoms with van der Waals surface area (Å²) >= 11 is 0. The van der Waals surface area contributed by atoms with Gasteiger partial charge in [0.05, 0.1) is 12.5 Å². The number of rotatable bonds is 9. The number of amides is 2. The molecule has 1 aliphatic heterocycles. The molecule has 6 nitrogen and oxygen atoms in total. The van der Waals surface area contributed by atoms with Crippen LogP contribution in [0.5, 0.6) is 0 Å². The Hall–Kier alpha value is -2.37. The van der Waals surface area contributed by atoms with Crippen LogP contribution in [-0.4, -0.2) is 48.4 Å². The van der Waals surface area contributed by atoms with Gasteiger partial charge in [0.15, 0.2) is 0 Å². The molecule has 0 radical (unpaired) electrons. The lowest BCUT2D eigenvalue weighted by Crippen LogP contribution is -2.53. The van der Waals surface area contributed by atoms with Crippen molar-refractivity contribution in [2.24, 2.45) is 17.3 Å². The number of piperidine rings is 1. The molecule has 0 saturated carbocycles. The fourth-order valence-electron chi connectivity index (χ4n) is 4.59. The van der Waals surface area contributed by atoms with Crippen molar-refractivity contribution in [1.29, 1.82) is 0 Å². The van der Waals surface area contributed by atoms with Crippen LogP contribution in [0.1, 0.15) is 65.9 Å². The molecule has 2 rings (SSSR count). The summed E-state index contributed by atoms with van der Waals surface area (Å²) in [5.74, 6) is -0.544. The van der Waals surface area contributed by atoms with E-state index in [-0.39, 0.29) is 35.0 Å². The standard InChI is InChI=1S/C26H40N2O4/c1-6-32-25(31)21-13-10-14-28(18-21)24(30)22(16-20-11-8-7-9-12-20)27-23(29)15-19(2)17-26(3,4)5/h7-9,11-12,19,21-22H,6,10,13-18H2,1-5H3,(H,27,29). The third kappa shape index (κ3) is 8.64. The van der Waals surface area contributed by atoms with E-state index >= 15 is 0 Å². The fourth-order valence-corrected chi connectivity index (χ4v) is 4.59. The van der Waals surface area contributed by atoms with E-state index in [1.807, 2.05) is 30.3 Å². The Morgan fingerprint density at radius 1 is 1.19 bits per heavy atom. The summed E-state index contributed by atoms with van der Waals surface area (Å²) < 4.78 is 5.17.